The molecule has 0 amide bonds. The van der Waals surface area contributed by atoms with E-state index < -0.39 is 5.97 Å². The lowest BCUT2D eigenvalue weighted by Crippen LogP contribution is -2.13. The molecule has 3 rings (SSSR count). The molecule has 0 atom stereocenters. The number of hydrogen-bond acceptors (Lipinski definition) is 3. The molecule has 0 spiro atoms. The van der Waals surface area contributed by atoms with E-state index in [1.165, 1.54) is 0 Å². The molecular weight excluding hydrogens is 314 g/mol. The van der Waals surface area contributed by atoms with E-state index in [0.717, 1.165) is 44.6 Å². The molecule has 0 bridgehead atoms. The highest BCUT2D eigenvalue weighted by atomic mass is 79.9. The molecule has 0 unspecified atom stereocenters. The van der Waals surface area contributed by atoms with E-state index in [1.54, 1.807) is 11.8 Å². The van der Waals surface area contributed by atoms with Gasteiger partial charge in [-0.15, -0.1) is 0 Å². The SMILES string of the molecule is O=C(O)c1c2c(nc3c(Br)cccc13)CCSC2. The topological polar surface area (TPSA) is 50.2 Å². The maximum atomic E-state index is 11.5. The number of para-hydroxylation sites is 1. The summed E-state index contributed by atoms with van der Waals surface area (Å²) in [5, 5.41) is 10.2. The van der Waals surface area contributed by atoms with Crippen molar-refractivity contribution in [3.05, 3.63) is 39.5 Å². The van der Waals surface area contributed by atoms with Crippen LogP contribution in [0.25, 0.3) is 10.9 Å². The Morgan fingerprint density at radius 2 is 2.28 bits per heavy atom. The number of aromatic carboxylic acids is 1. The van der Waals surface area contributed by atoms with Crippen molar-refractivity contribution in [3.63, 3.8) is 0 Å². The number of thioether (sulfide) groups is 1. The summed E-state index contributed by atoms with van der Waals surface area (Å²) in [5.74, 6) is 0.890. The van der Waals surface area contributed by atoms with Crippen LogP contribution in [0.2, 0.25) is 0 Å². The van der Waals surface area contributed by atoms with Gasteiger partial charge in [0.05, 0.1) is 11.1 Å². The third kappa shape index (κ3) is 1.82. The molecule has 0 radical (unpaired) electrons. The van der Waals surface area contributed by atoms with Crippen molar-refractivity contribution < 1.29 is 9.90 Å². The first-order valence-corrected chi connectivity index (χ1v) is 7.54. The molecule has 0 aliphatic carbocycles. The summed E-state index contributed by atoms with van der Waals surface area (Å²) in [7, 11) is 0. The highest BCUT2D eigenvalue weighted by molar-refractivity contribution is 9.10. The lowest BCUT2D eigenvalue weighted by atomic mass is 10.00. The van der Waals surface area contributed by atoms with Crippen LogP contribution in [0.3, 0.4) is 0 Å². The molecule has 0 saturated carbocycles. The summed E-state index contributed by atoms with van der Waals surface area (Å²) < 4.78 is 0.850. The highest BCUT2D eigenvalue weighted by Crippen LogP contribution is 2.33. The van der Waals surface area contributed by atoms with Crippen LogP contribution < -0.4 is 0 Å². The molecule has 1 aliphatic heterocycles. The van der Waals surface area contributed by atoms with Gasteiger partial charge in [0.2, 0.25) is 0 Å². The predicted molar refractivity (Wildman–Crippen MR) is 76.3 cm³/mol. The van der Waals surface area contributed by atoms with Crippen molar-refractivity contribution in [1.82, 2.24) is 4.98 Å². The van der Waals surface area contributed by atoms with Crippen LogP contribution in [0.15, 0.2) is 22.7 Å². The molecule has 2 heterocycles. The number of carboxylic acids is 1. The summed E-state index contributed by atoms with van der Waals surface area (Å²) in [4.78, 5) is 16.2. The van der Waals surface area contributed by atoms with Crippen molar-refractivity contribution >= 4 is 44.6 Å². The van der Waals surface area contributed by atoms with E-state index in [0.29, 0.717) is 5.56 Å². The number of carboxylic acid groups (broad SMARTS) is 1. The molecule has 1 N–H and O–H groups in total. The average Bonchev–Trinajstić information content (AvgIpc) is 2.36. The quantitative estimate of drug-likeness (QED) is 0.872. The molecule has 1 aliphatic rings. The second kappa shape index (κ2) is 4.55. The fraction of sp³-hybridized carbons (Fsp3) is 0.231. The molecule has 18 heavy (non-hydrogen) atoms. The fourth-order valence-corrected chi connectivity index (χ4v) is 3.74. The number of fused-ring (bicyclic) bond motifs is 2. The third-order valence-electron chi connectivity index (χ3n) is 3.10. The summed E-state index contributed by atoms with van der Waals surface area (Å²) in [6.45, 7) is 0. The van der Waals surface area contributed by atoms with Crippen LogP contribution in [0.5, 0.6) is 0 Å². The van der Waals surface area contributed by atoms with Crippen molar-refractivity contribution in [3.8, 4) is 0 Å². The average molecular weight is 324 g/mol. The number of benzene rings is 1. The summed E-state index contributed by atoms with van der Waals surface area (Å²) in [6, 6.07) is 5.57. The van der Waals surface area contributed by atoms with Crippen molar-refractivity contribution in [2.24, 2.45) is 0 Å². The van der Waals surface area contributed by atoms with Gasteiger partial charge in [-0.05, 0) is 39.7 Å². The smallest absolute Gasteiger partial charge is 0.336 e. The molecule has 0 fully saturated rings. The van der Waals surface area contributed by atoms with Crippen LogP contribution in [0.4, 0.5) is 0 Å². The molecule has 2 aromatic rings. The van der Waals surface area contributed by atoms with Gasteiger partial charge >= 0.3 is 5.97 Å². The maximum Gasteiger partial charge on any atom is 0.336 e. The lowest BCUT2D eigenvalue weighted by molar-refractivity contribution is 0.0698. The number of halogens is 1. The van der Waals surface area contributed by atoms with Gasteiger partial charge in [-0.1, -0.05) is 12.1 Å². The van der Waals surface area contributed by atoms with E-state index in [4.69, 9.17) is 0 Å². The Morgan fingerprint density at radius 1 is 1.44 bits per heavy atom. The Balaban J connectivity index is 2.44. The van der Waals surface area contributed by atoms with Crippen molar-refractivity contribution in [1.29, 1.82) is 0 Å². The lowest BCUT2D eigenvalue weighted by Gasteiger charge is -2.18. The monoisotopic (exact) mass is 323 g/mol. The summed E-state index contributed by atoms with van der Waals surface area (Å²) in [5.41, 5.74) is 3.00. The molecule has 1 aromatic carbocycles. The Morgan fingerprint density at radius 3 is 3.06 bits per heavy atom. The van der Waals surface area contributed by atoms with Crippen LogP contribution in [-0.4, -0.2) is 21.8 Å². The second-order valence-electron chi connectivity index (χ2n) is 4.16. The zero-order chi connectivity index (χ0) is 12.7. The van der Waals surface area contributed by atoms with Crippen LogP contribution in [0.1, 0.15) is 21.6 Å². The molecule has 92 valence electrons. The van der Waals surface area contributed by atoms with Gasteiger partial charge in [0.1, 0.15) is 0 Å². The Kier molecular flexibility index (Phi) is 3.03. The minimum Gasteiger partial charge on any atom is -0.478 e. The number of aromatic nitrogens is 1. The van der Waals surface area contributed by atoms with Crippen molar-refractivity contribution in [2.75, 3.05) is 5.75 Å². The molecular formula is C13H10BrNO2S. The van der Waals surface area contributed by atoms with E-state index in [1.807, 2.05) is 18.2 Å². The minimum atomic E-state index is -0.862. The van der Waals surface area contributed by atoms with Gasteiger partial charge in [-0.2, -0.15) is 11.8 Å². The minimum absolute atomic E-state index is 0.420. The molecule has 3 nitrogen and oxygen atoms in total. The first kappa shape index (κ1) is 12.0. The third-order valence-corrected chi connectivity index (χ3v) is 4.72. The van der Waals surface area contributed by atoms with Gasteiger partial charge < -0.3 is 5.11 Å². The van der Waals surface area contributed by atoms with Gasteiger partial charge in [0.15, 0.2) is 0 Å². The molecule has 5 heteroatoms. The molecule has 0 saturated heterocycles. The van der Waals surface area contributed by atoms with Gasteiger partial charge in [0.25, 0.3) is 0 Å². The van der Waals surface area contributed by atoms with Crippen LogP contribution >= 0.6 is 27.7 Å². The number of rotatable bonds is 1. The van der Waals surface area contributed by atoms with E-state index >= 15 is 0 Å². The number of hydrogen-bond donors (Lipinski definition) is 1. The van der Waals surface area contributed by atoms with Gasteiger partial charge in [0, 0.05) is 21.3 Å². The summed E-state index contributed by atoms with van der Waals surface area (Å²) >= 11 is 5.21. The Hall–Kier alpha value is -1.07. The maximum absolute atomic E-state index is 11.5. The standard InChI is InChI=1S/C13H10BrNO2S/c14-9-3-1-2-7-11(13(16)17)8-6-18-5-4-10(8)15-12(7)9/h1-3H,4-6H2,(H,16,17). The zero-order valence-electron chi connectivity index (χ0n) is 9.44. The van der Waals surface area contributed by atoms with Gasteiger partial charge in [-0.3, -0.25) is 4.98 Å². The Bertz CT molecular complexity index is 657. The number of nitrogens with zero attached hydrogens (tertiary/aromatic N) is 1. The fourth-order valence-electron chi connectivity index (χ4n) is 2.29. The first-order valence-electron chi connectivity index (χ1n) is 5.59. The van der Waals surface area contributed by atoms with Crippen LogP contribution in [-0.2, 0) is 12.2 Å². The molecule has 1 aromatic heterocycles. The zero-order valence-corrected chi connectivity index (χ0v) is 11.8. The largest absolute Gasteiger partial charge is 0.478 e. The first-order chi connectivity index (χ1) is 8.68. The van der Waals surface area contributed by atoms with Crippen LogP contribution in [0, 0.1) is 0 Å². The van der Waals surface area contributed by atoms with E-state index in [2.05, 4.69) is 20.9 Å². The highest BCUT2D eigenvalue weighted by Gasteiger charge is 2.22. The second-order valence-corrected chi connectivity index (χ2v) is 6.12. The normalized spacial score (nSPS) is 14.5. The van der Waals surface area contributed by atoms with Gasteiger partial charge in [-0.25, -0.2) is 4.79 Å². The summed E-state index contributed by atoms with van der Waals surface area (Å²) in [6.07, 6.45) is 0.845. The number of pyridine rings is 1. The van der Waals surface area contributed by atoms with Crippen molar-refractivity contribution in [2.45, 2.75) is 12.2 Å². The van der Waals surface area contributed by atoms with E-state index in [9.17, 15) is 9.90 Å². The Labute approximate surface area is 117 Å². The van der Waals surface area contributed by atoms with E-state index in [-0.39, 0.29) is 0 Å². The number of aryl methyl sites for hydroxylation is 1. The predicted octanol–water partition coefficient (Wildman–Crippen LogP) is 3.48. The number of carbonyl (C=O) groups is 1.